The highest BCUT2D eigenvalue weighted by Crippen LogP contribution is 2.09. The fourth-order valence-corrected chi connectivity index (χ4v) is 2.08. The van der Waals surface area contributed by atoms with E-state index in [4.69, 9.17) is 12.2 Å². The standard InChI is InChI=1S/C12H26NS/c1-5-12(14)10-9-11-13(6-2,7-3)8-4/h5-11H2,1-4H3/q+1. The molecule has 0 fully saturated rings. The van der Waals surface area contributed by atoms with Crippen molar-refractivity contribution >= 4 is 17.1 Å². The predicted octanol–water partition coefficient (Wildman–Crippen LogP) is 3.42. The molecule has 0 aromatic heterocycles. The second-order valence-corrected chi connectivity index (χ2v) is 4.59. The lowest BCUT2D eigenvalue weighted by Gasteiger charge is -2.35. The molecule has 0 aliphatic rings. The van der Waals surface area contributed by atoms with Crippen LogP contribution in [0.25, 0.3) is 0 Å². The Hall–Kier alpha value is 0.0500. The number of thiocarbonyl (C=S) groups is 1. The summed E-state index contributed by atoms with van der Waals surface area (Å²) in [5.74, 6) is 0. The first kappa shape index (κ1) is 14.1. The van der Waals surface area contributed by atoms with Gasteiger partial charge in [0.25, 0.3) is 0 Å². The van der Waals surface area contributed by atoms with Gasteiger partial charge in [0.1, 0.15) is 0 Å². The smallest absolute Gasteiger partial charge is 0.0789 e. The summed E-state index contributed by atoms with van der Waals surface area (Å²) >= 11 is 5.25. The number of hydrogen-bond acceptors (Lipinski definition) is 1. The van der Waals surface area contributed by atoms with E-state index in [9.17, 15) is 0 Å². The number of quaternary nitrogens is 1. The van der Waals surface area contributed by atoms with E-state index in [1.165, 1.54) is 41.9 Å². The van der Waals surface area contributed by atoms with Gasteiger partial charge in [-0.05, 0) is 38.5 Å². The summed E-state index contributed by atoms with van der Waals surface area (Å²) in [7, 11) is 0. The largest absolute Gasteiger partial charge is 0.324 e. The molecule has 0 heterocycles. The molecule has 2 heteroatoms. The summed E-state index contributed by atoms with van der Waals surface area (Å²) in [5.41, 5.74) is 0. The highest BCUT2D eigenvalue weighted by atomic mass is 32.1. The molecule has 0 saturated heterocycles. The zero-order chi connectivity index (χ0) is 11.0. The van der Waals surface area contributed by atoms with Crippen LogP contribution in [0, 0.1) is 0 Å². The molecule has 14 heavy (non-hydrogen) atoms. The Kier molecular flexibility index (Phi) is 7.38. The van der Waals surface area contributed by atoms with Crippen molar-refractivity contribution in [1.82, 2.24) is 0 Å². The first-order chi connectivity index (χ1) is 6.64. The summed E-state index contributed by atoms with van der Waals surface area (Å²) in [4.78, 5) is 1.24. The predicted molar refractivity (Wildman–Crippen MR) is 68.9 cm³/mol. The van der Waals surface area contributed by atoms with Crippen LogP contribution in [0.2, 0.25) is 0 Å². The Morgan fingerprint density at radius 2 is 1.50 bits per heavy atom. The maximum Gasteiger partial charge on any atom is 0.0789 e. The molecule has 0 atom stereocenters. The van der Waals surface area contributed by atoms with Crippen molar-refractivity contribution in [2.45, 2.75) is 47.0 Å². The summed E-state index contributed by atoms with van der Waals surface area (Å²) < 4.78 is 1.26. The number of hydrogen-bond donors (Lipinski definition) is 0. The van der Waals surface area contributed by atoms with Crippen LogP contribution in [-0.2, 0) is 0 Å². The van der Waals surface area contributed by atoms with Crippen molar-refractivity contribution in [2.24, 2.45) is 0 Å². The maximum atomic E-state index is 5.25. The van der Waals surface area contributed by atoms with E-state index in [1.807, 2.05) is 0 Å². The lowest BCUT2D eigenvalue weighted by atomic mass is 10.1. The topological polar surface area (TPSA) is 0 Å². The van der Waals surface area contributed by atoms with Crippen LogP contribution in [0.15, 0.2) is 0 Å². The highest BCUT2D eigenvalue weighted by molar-refractivity contribution is 7.80. The molecule has 0 unspecified atom stereocenters. The van der Waals surface area contributed by atoms with Crippen molar-refractivity contribution in [3.63, 3.8) is 0 Å². The highest BCUT2D eigenvalue weighted by Gasteiger charge is 2.19. The quantitative estimate of drug-likeness (QED) is 0.442. The average Bonchev–Trinajstić information content (AvgIpc) is 2.25. The molecule has 0 amide bonds. The minimum absolute atomic E-state index is 1.07. The first-order valence-electron chi connectivity index (χ1n) is 6.00. The third-order valence-corrected chi connectivity index (χ3v) is 3.99. The maximum absolute atomic E-state index is 5.25. The SMILES string of the molecule is CCC(=S)CCC[N+](CC)(CC)CC. The van der Waals surface area contributed by atoms with Crippen LogP contribution in [0.1, 0.15) is 47.0 Å². The van der Waals surface area contributed by atoms with E-state index in [1.54, 1.807) is 0 Å². The fraction of sp³-hybridized carbons (Fsp3) is 0.917. The van der Waals surface area contributed by atoms with Gasteiger partial charge in [0.15, 0.2) is 0 Å². The fourth-order valence-electron chi connectivity index (χ4n) is 1.93. The molecule has 1 nitrogen and oxygen atoms in total. The Bertz CT molecular complexity index is 153. The van der Waals surface area contributed by atoms with E-state index in [-0.39, 0.29) is 0 Å². The van der Waals surface area contributed by atoms with Gasteiger partial charge in [-0.1, -0.05) is 19.1 Å². The van der Waals surface area contributed by atoms with E-state index >= 15 is 0 Å². The van der Waals surface area contributed by atoms with Crippen LogP contribution in [0.5, 0.6) is 0 Å². The van der Waals surface area contributed by atoms with Crippen LogP contribution < -0.4 is 0 Å². The zero-order valence-corrected chi connectivity index (χ0v) is 11.1. The molecular formula is C12H26NS+. The molecule has 0 rings (SSSR count). The monoisotopic (exact) mass is 216 g/mol. The van der Waals surface area contributed by atoms with Gasteiger partial charge in [-0.25, -0.2) is 0 Å². The third-order valence-electron chi connectivity index (χ3n) is 3.49. The van der Waals surface area contributed by atoms with Crippen molar-refractivity contribution in [3.8, 4) is 0 Å². The Balaban J connectivity index is 3.88. The Labute approximate surface area is 95.1 Å². The van der Waals surface area contributed by atoms with Crippen LogP contribution in [-0.4, -0.2) is 35.5 Å². The summed E-state index contributed by atoms with van der Waals surface area (Å²) in [6.07, 6.45) is 3.48. The van der Waals surface area contributed by atoms with Crippen molar-refractivity contribution in [3.05, 3.63) is 0 Å². The minimum Gasteiger partial charge on any atom is -0.324 e. The van der Waals surface area contributed by atoms with Crippen molar-refractivity contribution < 1.29 is 4.48 Å². The third kappa shape index (κ3) is 4.52. The zero-order valence-electron chi connectivity index (χ0n) is 10.3. The van der Waals surface area contributed by atoms with E-state index in [0.29, 0.717) is 0 Å². The summed E-state index contributed by atoms with van der Waals surface area (Å²) in [6.45, 7) is 14.1. The van der Waals surface area contributed by atoms with Gasteiger partial charge in [0.2, 0.25) is 0 Å². The molecule has 0 radical (unpaired) electrons. The number of nitrogens with zero attached hydrogens (tertiary/aromatic N) is 1. The van der Waals surface area contributed by atoms with Gasteiger partial charge >= 0.3 is 0 Å². The lowest BCUT2D eigenvalue weighted by molar-refractivity contribution is -0.923. The molecule has 0 saturated carbocycles. The normalized spacial score (nSPS) is 11.7. The molecular weight excluding hydrogens is 190 g/mol. The van der Waals surface area contributed by atoms with Gasteiger partial charge in [0.05, 0.1) is 26.2 Å². The van der Waals surface area contributed by atoms with Crippen LogP contribution >= 0.6 is 12.2 Å². The Morgan fingerprint density at radius 3 is 1.86 bits per heavy atom. The summed E-state index contributed by atoms with van der Waals surface area (Å²) in [5, 5.41) is 0. The molecule has 0 aliphatic heterocycles. The van der Waals surface area contributed by atoms with E-state index < -0.39 is 0 Å². The Morgan fingerprint density at radius 1 is 1.00 bits per heavy atom. The second kappa shape index (κ2) is 7.36. The molecule has 0 bridgehead atoms. The second-order valence-electron chi connectivity index (χ2n) is 4.01. The lowest BCUT2D eigenvalue weighted by Crippen LogP contribution is -2.48. The molecule has 0 N–H and O–H groups in total. The summed E-state index contributed by atoms with van der Waals surface area (Å²) in [6, 6.07) is 0. The van der Waals surface area contributed by atoms with Crippen molar-refractivity contribution in [1.29, 1.82) is 0 Å². The van der Waals surface area contributed by atoms with Gasteiger partial charge in [0, 0.05) is 6.42 Å². The average molecular weight is 216 g/mol. The van der Waals surface area contributed by atoms with Gasteiger partial charge in [-0.2, -0.15) is 0 Å². The molecule has 0 aliphatic carbocycles. The van der Waals surface area contributed by atoms with Crippen LogP contribution in [0.4, 0.5) is 0 Å². The number of rotatable bonds is 8. The van der Waals surface area contributed by atoms with Gasteiger partial charge in [-0.3, -0.25) is 0 Å². The van der Waals surface area contributed by atoms with Crippen LogP contribution in [0.3, 0.4) is 0 Å². The van der Waals surface area contributed by atoms with E-state index in [0.717, 1.165) is 12.8 Å². The molecule has 0 spiro atoms. The minimum atomic E-state index is 1.07. The van der Waals surface area contributed by atoms with Gasteiger partial charge in [-0.15, -0.1) is 0 Å². The van der Waals surface area contributed by atoms with Gasteiger partial charge < -0.3 is 4.48 Å². The van der Waals surface area contributed by atoms with E-state index in [2.05, 4.69) is 27.7 Å². The molecule has 84 valence electrons. The van der Waals surface area contributed by atoms with Crippen molar-refractivity contribution in [2.75, 3.05) is 26.2 Å². The first-order valence-corrected chi connectivity index (χ1v) is 6.41. The molecule has 0 aromatic rings. The molecule has 0 aromatic carbocycles.